The molecule has 4 saturated carbocycles. The van der Waals surface area contributed by atoms with Gasteiger partial charge in [-0.05, 0) is 110 Å². The van der Waals surface area contributed by atoms with E-state index in [0.29, 0.717) is 18.3 Å². The lowest BCUT2D eigenvalue weighted by atomic mass is 9.33. The van der Waals surface area contributed by atoms with Crippen LogP contribution < -0.4 is 0 Å². The molecule has 7 fully saturated rings. The van der Waals surface area contributed by atoms with Crippen LogP contribution in [0.2, 0.25) is 0 Å². The van der Waals surface area contributed by atoms with Crippen LogP contribution in [0.4, 0.5) is 0 Å². The number of rotatable bonds is 8. The van der Waals surface area contributed by atoms with Crippen molar-refractivity contribution < 1.29 is 84.3 Å². The van der Waals surface area contributed by atoms with E-state index < -0.39 is 116 Å². The van der Waals surface area contributed by atoms with Crippen LogP contribution in [0.1, 0.15) is 120 Å². The molecule has 372 valence electrons. The Labute approximate surface area is 382 Å². The van der Waals surface area contributed by atoms with Crippen molar-refractivity contribution in [3.63, 3.8) is 0 Å². The number of aliphatic hydroxyl groups excluding tert-OH is 9. The van der Waals surface area contributed by atoms with E-state index in [1.165, 1.54) is 6.92 Å². The molecule has 3 saturated heterocycles. The fraction of sp³-hybridized carbons (Fsp3) is 0.938. The summed E-state index contributed by atoms with van der Waals surface area (Å²) in [5, 5.41) is 108. The molecular formula is C48H78O17. The molecule has 0 radical (unpaired) electrons. The van der Waals surface area contributed by atoms with Crippen molar-refractivity contribution >= 4 is 5.97 Å². The molecule has 8 rings (SSSR count). The molecule has 0 amide bonds. The molecule has 3 heterocycles. The zero-order chi connectivity index (χ0) is 47.7. The molecule has 17 heteroatoms. The van der Waals surface area contributed by atoms with Gasteiger partial charge in [0.15, 0.2) is 25.0 Å². The fourth-order valence-corrected chi connectivity index (χ4v) is 15.1. The zero-order valence-corrected chi connectivity index (χ0v) is 39.5. The van der Waals surface area contributed by atoms with Crippen LogP contribution in [-0.2, 0) is 33.2 Å². The van der Waals surface area contributed by atoms with Crippen molar-refractivity contribution in [2.45, 2.75) is 224 Å². The molecule has 8 aliphatic rings. The second-order valence-electron chi connectivity index (χ2n) is 23.8. The molecule has 65 heavy (non-hydrogen) atoms. The monoisotopic (exact) mass is 927 g/mol. The molecule has 0 spiro atoms. The molecule has 5 aliphatic carbocycles. The number of fused-ring (bicyclic) bond motifs is 7. The first-order valence-corrected chi connectivity index (χ1v) is 24.1. The van der Waals surface area contributed by atoms with Crippen molar-refractivity contribution in [1.29, 1.82) is 0 Å². The Bertz CT molecular complexity index is 1790. The lowest BCUT2D eigenvalue weighted by molar-refractivity contribution is -0.395. The number of hydrogen-bond donors (Lipinski definition) is 10. The largest absolute Gasteiger partial charge is 0.479 e. The number of allylic oxidation sites excluding steroid dienone is 2. The predicted molar refractivity (Wildman–Crippen MR) is 229 cm³/mol. The summed E-state index contributed by atoms with van der Waals surface area (Å²) in [5.74, 6) is -0.724. The second-order valence-corrected chi connectivity index (χ2v) is 23.8. The number of ether oxygens (including phenoxy) is 6. The summed E-state index contributed by atoms with van der Waals surface area (Å²) >= 11 is 0. The lowest BCUT2D eigenvalue weighted by Gasteiger charge is -2.71. The number of carbonyl (C=O) groups is 1. The van der Waals surface area contributed by atoms with Gasteiger partial charge < -0.3 is 79.5 Å². The minimum Gasteiger partial charge on any atom is -0.479 e. The highest BCUT2D eigenvalue weighted by atomic mass is 16.8. The minimum atomic E-state index is -2.02. The lowest BCUT2D eigenvalue weighted by Crippen LogP contribution is -2.68. The van der Waals surface area contributed by atoms with E-state index in [2.05, 4.69) is 61.5 Å². The van der Waals surface area contributed by atoms with Crippen LogP contribution in [0.25, 0.3) is 0 Å². The van der Waals surface area contributed by atoms with E-state index in [1.807, 2.05) is 0 Å². The second kappa shape index (κ2) is 17.2. The van der Waals surface area contributed by atoms with Gasteiger partial charge in [-0.25, -0.2) is 4.79 Å². The standard InChI is InChI=1S/C48H78O17/c1-21-29(51)31(53)35(57)40(60-21)64-37-32(54)30(52)24(20-49)61-41(37)65-38-34(56)33(55)36(39(58)59)63-42(38)62-28-13-14-46(7)25(44(28,4)5)12-15-48(9)26(46)11-10-22-23-18-43(2,3)19-27(50)45(23,6)16-17-47(22,48)8/h10,21,23-38,40-42,49-57H,11-20H2,1-9H3,(H,58,59)/t21-,23?,24+,25-,26?,27+,28-,29-,30-,31+,32+,33-,34-,35+,36-,37-,38+,40-,41-,42+,45+,46-,47+,48+/m0/s1. The average molecular weight is 927 g/mol. The Morgan fingerprint density at radius 2 is 1.29 bits per heavy atom. The highest BCUT2D eigenvalue weighted by molar-refractivity contribution is 5.73. The summed E-state index contributed by atoms with van der Waals surface area (Å²) < 4.78 is 36.4. The zero-order valence-electron chi connectivity index (χ0n) is 39.5. The molecule has 0 aromatic heterocycles. The SMILES string of the molecule is C[C@@H]1O[C@@H](O[C@@H]2[C@H](O[C@H]3[C@H](O[C@H]4CC[C@]5(C)C6CC=C7C8CC(C)(C)C[C@@H](O)[C@]8(C)CC[C@@]7(C)[C@]6(C)CC[C@H]5C4(C)C)O[C@H](C(=O)O)[C@@H](O)[C@@H]3O)O[C@H](CO)[C@H](O)[C@H]2O)[C@H](O)[C@H](O)[C@H]1O. The highest BCUT2D eigenvalue weighted by Gasteiger charge is 2.69. The third-order valence-corrected chi connectivity index (χ3v) is 19.4. The Morgan fingerprint density at radius 1 is 0.662 bits per heavy atom. The first-order chi connectivity index (χ1) is 30.2. The highest BCUT2D eigenvalue weighted by Crippen LogP contribution is 2.76. The molecule has 2 unspecified atom stereocenters. The maximum atomic E-state index is 12.5. The van der Waals surface area contributed by atoms with E-state index in [4.69, 9.17) is 28.4 Å². The van der Waals surface area contributed by atoms with Gasteiger partial charge >= 0.3 is 5.97 Å². The molecule has 0 aromatic rings. The minimum absolute atomic E-state index is 0.00181. The summed E-state index contributed by atoms with van der Waals surface area (Å²) in [7, 11) is 0. The van der Waals surface area contributed by atoms with Crippen LogP contribution in [0.15, 0.2) is 11.6 Å². The van der Waals surface area contributed by atoms with Crippen molar-refractivity contribution in [3.05, 3.63) is 11.6 Å². The normalized spacial score (nSPS) is 55.1. The van der Waals surface area contributed by atoms with Gasteiger partial charge in [0.25, 0.3) is 0 Å². The van der Waals surface area contributed by atoms with E-state index in [0.717, 1.165) is 51.4 Å². The van der Waals surface area contributed by atoms with E-state index in [1.54, 1.807) is 5.57 Å². The van der Waals surface area contributed by atoms with Crippen molar-refractivity contribution in [3.8, 4) is 0 Å². The van der Waals surface area contributed by atoms with Gasteiger partial charge in [-0.3, -0.25) is 0 Å². The summed E-state index contributed by atoms with van der Waals surface area (Å²) in [6.07, 6.45) is -15.9. The Balaban J connectivity index is 1.06. The van der Waals surface area contributed by atoms with Crippen LogP contribution >= 0.6 is 0 Å². The van der Waals surface area contributed by atoms with Crippen LogP contribution in [0, 0.1) is 50.2 Å². The molecule has 0 bridgehead atoms. The van der Waals surface area contributed by atoms with Crippen LogP contribution in [-0.4, -0.2) is 168 Å². The van der Waals surface area contributed by atoms with E-state index >= 15 is 0 Å². The molecular weight excluding hydrogens is 849 g/mol. The topological polar surface area (TPSA) is 275 Å². The van der Waals surface area contributed by atoms with Crippen molar-refractivity contribution in [2.75, 3.05) is 6.61 Å². The molecule has 3 aliphatic heterocycles. The Morgan fingerprint density at radius 3 is 1.94 bits per heavy atom. The smallest absolute Gasteiger partial charge is 0.335 e. The van der Waals surface area contributed by atoms with Crippen molar-refractivity contribution in [1.82, 2.24) is 0 Å². The average Bonchev–Trinajstić information content (AvgIpc) is 3.22. The maximum Gasteiger partial charge on any atom is 0.335 e. The van der Waals surface area contributed by atoms with Gasteiger partial charge in [0.2, 0.25) is 0 Å². The van der Waals surface area contributed by atoms with Gasteiger partial charge in [0.1, 0.15) is 61.0 Å². The summed E-state index contributed by atoms with van der Waals surface area (Å²) in [6.45, 7) is 19.3. The molecule has 0 aromatic carbocycles. The number of hydrogen-bond acceptors (Lipinski definition) is 16. The fourth-order valence-electron chi connectivity index (χ4n) is 15.1. The van der Waals surface area contributed by atoms with Gasteiger partial charge in [0, 0.05) is 5.41 Å². The summed E-state index contributed by atoms with van der Waals surface area (Å²) in [6, 6.07) is 0. The first-order valence-electron chi connectivity index (χ1n) is 24.1. The van der Waals surface area contributed by atoms with E-state index in [9.17, 15) is 55.9 Å². The van der Waals surface area contributed by atoms with Crippen LogP contribution in [0.3, 0.4) is 0 Å². The van der Waals surface area contributed by atoms with Gasteiger partial charge in [-0.2, -0.15) is 0 Å². The molecule has 10 N–H and O–H groups in total. The third kappa shape index (κ3) is 7.81. The predicted octanol–water partition coefficient (Wildman–Crippen LogP) is 1.73. The molecule has 17 nitrogen and oxygen atoms in total. The van der Waals surface area contributed by atoms with Gasteiger partial charge in [-0.15, -0.1) is 0 Å². The number of aliphatic carboxylic acids is 1. The quantitative estimate of drug-likeness (QED) is 0.123. The Hall–Kier alpha value is -1.39. The summed E-state index contributed by atoms with van der Waals surface area (Å²) in [5.41, 5.74) is 0.763. The van der Waals surface area contributed by atoms with Gasteiger partial charge in [0.05, 0.1) is 24.9 Å². The molecule has 24 atom stereocenters. The maximum absolute atomic E-state index is 12.5. The number of carboxylic acid groups (broad SMARTS) is 1. The summed E-state index contributed by atoms with van der Waals surface area (Å²) in [4.78, 5) is 12.5. The first kappa shape index (κ1) is 50.0. The Kier molecular flexibility index (Phi) is 13.2. The van der Waals surface area contributed by atoms with Crippen LogP contribution in [0.5, 0.6) is 0 Å². The van der Waals surface area contributed by atoms with E-state index in [-0.39, 0.29) is 39.1 Å². The third-order valence-electron chi connectivity index (χ3n) is 19.4. The number of carboxylic acids is 1. The van der Waals surface area contributed by atoms with Gasteiger partial charge in [-0.1, -0.05) is 67.0 Å². The number of aliphatic hydroxyl groups is 9. The van der Waals surface area contributed by atoms with Crippen molar-refractivity contribution in [2.24, 2.45) is 50.2 Å².